The molecule has 6 rings (SSSR count). The monoisotopic (exact) mass is 755 g/mol. The molecule has 0 saturated heterocycles. The Bertz CT molecular complexity index is 2320. The molecule has 0 saturated carbocycles. The minimum Gasteiger partial charge on any atom is -0.508 e. The highest BCUT2D eigenvalue weighted by molar-refractivity contribution is 5.96. The van der Waals surface area contributed by atoms with Crippen molar-refractivity contribution in [2.75, 3.05) is 0 Å². The lowest BCUT2D eigenvalue weighted by atomic mass is 10.0. The summed E-state index contributed by atoms with van der Waals surface area (Å²) in [6.45, 7) is 1.49. The van der Waals surface area contributed by atoms with Gasteiger partial charge in [-0.05, 0) is 59.9 Å². The normalized spacial score (nSPS) is 13.3. The van der Waals surface area contributed by atoms with E-state index in [1.54, 1.807) is 36.7 Å². The predicted octanol–water partition coefficient (Wildman–Crippen LogP) is 3.46. The van der Waals surface area contributed by atoms with E-state index in [0.717, 1.165) is 44.1 Å². The van der Waals surface area contributed by atoms with Crippen LogP contribution in [-0.2, 0) is 49.7 Å². The third-order valence-electron chi connectivity index (χ3n) is 9.75. The topological polar surface area (TPSA) is 211 Å². The molecule has 4 aromatic carbocycles. The number of nitrogens with two attached hydrogens (primary N) is 1. The summed E-state index contributed by atoms with van der Waals surface area (Å²) < 4.78 is 0. The lowest BCUT2D eigenvalue weighted by Gasteiger charge is -2.25. The zero-order chi connectivity index (χ0) is 39.6. The fourth-order valence-corrected chi connectivity index (χ4v) is 6.67. The first-order valence-corrected chi connectivity index (χ1v) is 18.5. The molecule has 13 nitrogen and oxygen atoms in total. The maximum absolute atomic E-state index is 13.9. The van der Waals surface area contributed by atoms with Gasteiger partial charge in [0.1, 0.15) is 29.9 Å². The Morgan fingerprint density at radius 1 is 0.589 bits per heavy atom. The number of phenols is 1. The highest BCUT2D eigenvalue weighted by atomic mass is 16.3. The van der Waals surface area contributed by atoms with Crippen molar-refractivity contribution in [2.45, 2.75) is 63.2 Å². The van der Waals surface area contributed by atoms with Crippen molar-refractivity contribution in [2.24, 2.45) is 5.73 Å². The Labute approximate surface area is 323 Å². The van der Waals surface area contributed by atoms with E-state index < -0.39 is 47.8 Å². The van der Waals surface area contributed by atoms with Crippen molar-refractivity contribution in [1.29, 1.82) is 0 Å². The quantitative estimate of drug-likeness (QED) is 0.0698. The maximum Gasteiger partial charge on any atom is 0.243 e. The highest BCUT2D eigenvalue weighted by Gasteiger charge is 2.30. The number of rotatable bonds is 17. The van der Waals surface area contributed by atoms with Gasteiger partial charge in [-0.1, -0.05) is 78.9 Å². The standard InChI is InChI=1S/C43H45N7O6/c1-26(47-42(55)37(22-29-24-45-34-13-7-5-11-32(29)34)48-39(52)20-17-27-15-18-31(51)19-16-27)41(54)50-38(23-30-25-46-35-14-8-6-12-33(30)35)43(56)49-36(40(44)53)21-28-9-3-2-4-10-28/h2-16,18-19,24-26,36-38,45-46,51H,17,20-23H2,1H3,(H2,44,53)(H,47,55)(H,48,52)(H,49,56)(H,50,54)/t26-,36+,37+,38-/m0/s1. The first-order valence-electron chi connectivity index (χ1n) is 18.5. The van der Waals surface area contributed by atoms with E-state index in [0.29, 0.717) is 6.42 Å². The molecule has 0 unspecified atom stereocenters. The predicted molar refractivity (Wildman–Crippen MR) is 213 cm³/mol. The summed E-state index contributed by atoms with van der Waals surface area (Å²) in [5.41, 5.74) is 10.6. The van der Waals surface area contributed by atoms with Gasteiger partial charge in [0.2, 0.25) is 29.5 Å². The third-order valence-corrected chi connectivity index (χ3v) is 9.75. The van der Waals surface area contributed by atoms with E-state index >= 15 is 0 Å². The van der Waals surface area contributed by atoms with E-state index in [2.05, 4.69) is 31.2 Å². The van der Waals surface area contributed by atoms with Crippen molar-refractivity contribution in [3.05, 3.63) is 138 Å². The molecule has 6 aromatic rings. The van der Waals surface area contributed by atoms with Crippen molar-refractivity contribution >= 4 is 51.3 Å². The Hall–Kier alpha value is -6.89. The smallest absolute Gasteiger partial charge is 0.243 e. The Morgan fingerprint density at radius 2 is 1.11 bits per heavy atom. The van der Waals surface area contributed by atoms with E-state index in [1.165, 1.54) is 6.92 Å². The molecule has 13 heteroatoms. The molecular weight excluding hydrogens is 711 g/mol. The van der Waals surface area contributed by atoms with Crippen LogP contribution in [0.1, 0.15) is 35.6 Å². The van der Waals surface area contributed by atoms with Crippen molar-refractivity contribution in [1.82, 2.24) is 31.2 Å². The zero-order valence-corrected chi connectivity index (χ0v) is 30.9. The van der Waals surface area contributed by atoms with Crippen LogP contribution in [0.3, 0.4) is 0 Å². The van der Waals surface area contributed by atoms with Crippen molar-refractivity contribution < 1.29 is 29.1 Å². The number of primary amides is 1. The molecule has 288 valence electrons. The summed E-state index contributed by atoms with van der Waals surface area (Å²) in [4.78, 5) is 73.7. The van der Waals surface area contributed by atoms with Gasteiger partial charge >= 0.3 is 0 Å². The van der Waals surface area contributed by atoms with Gasteiger partial charge in [0, 0.05) is 59.9 Å². The molecule has 0 radical (unpaired) electrons. The van der Waals surface area contributed by atoms with E-state index in [4.69, 9.17) is 5.73 Å². The van der Waals surface area contributed by atoms with E-state index in [1.807, 2.05) is 78.9 Å². The van der Waals surface area contributed by atoms with Crippen molar-refractivity contribution in [3.63, 3.8) is 0 Å². The Kier molecular flexibility index (Phi) is 12.4. The number of fused-ring (bicyclic) bond motifs is 2. The van der Waals surface area contributed by atoms with Gasteiger partial charge in [-0.3, -0.25) is 24.0 Å². The summed E-state index contributed by atoms with van der Waals surface area (Å²) in [6, 6.07) is 26.4. The molecular formula is C43H45N7O6. The zero-order valence-electron chi connectivity index (χ0n) is 30.9. The number of carbonyl (C=O) groups is 5. The SMILES string of the molecule is C[C@H](NC(=O)[C@@H](Cc1c[nH]c2ccccc12)NC(=O)CCc1ccc(O)cc1)C(=O)N[C@@H](Cc1c[nH]c2ccccc12)C(=O)N[C@H](Cc1ccccc1)C(N)=O. The lowest BCUT2D eigenvalue weighted by molar-refractivity contribution is -0.134. The fourth-order valence-electron chi connectivity index (χ4n) is 6.67. The molecule has 0 aliphatic rings. The summed E-state index contributed by atoms with van der Waals surface area (Å²) in [5.74, 6) is -2.85. The number of aromatic amines is 2. The number of para-hydroxylation sites is 2. The van der Waals surface area contributed by atoms with Crippen molar-refractivity contribution in [3.8, 4) is 5.75 Å². The molecule has 5 amide bonds. The summed E-state index contributed by atoms with van der Waals surface area (Å²) in [6.07, 6.45) is 4.37. The summed E-state index contributed by atoms with van der Waals surface area (Å²) >= 11 is 0. The maximum atomic E-state index is 13.9. The third kappa shape index (κ3) is 9.99. The number of nitrogens with one attached hydrogen (secondary N) is 6. The second kappa shape index (κ2) is 18.0. The summed E-state index contributed by atoms with van der Waals surface area (Å²) in [7, 11) is 0. The van der Waals surface area contributed by atoms with Gasteiger partial charge in [0.25, 0.3) is 0 Å². The average molecular weight is 756 g/mol. The van der Waals surface area contributed by atoms with Gasteiger partial charge in [-0.25, -0.2) is 0 Å². The van der Waals surface area contributed by atoms with Crippen LogP contribution in [0.15, 0.2) is 116 Å². The molecule has 0 bridgehead atoms. The summed E-state index contributed by atoms with van der Waals surface area (Å²) in [5, 5.41) is 22.4. The van der Waals surface area contributed by atoms with Crippen LogP contribution < -0.4 is 27.0 Å². The molecule has 2 heterocycles. The van der Waals surface area contributed by atoms with Gasteiger partial charge in [0.05, 0.1) is 0 Å². The Morgan fingerprint density at radius 3 is 1.70 bits per heavy atom. The Balaban J connectivity index is 1.17. The largest absolute Gasteiger partial charge is 0.508 e. The van der Waals surface area contributed by atoms with E-state index in [-0.39, 0.29) is 37.3 Å². The van der Waals surface area contributed by atoms with Gasteiger partial charge in [-0.2, -0.15) is 0 Å². The fraction of sp³-hybridized carbons (Fsp3) is 0.233. The number of hydrogen-bond acceptors (Lipinski definition) is 6. The number of phenolic OH excluding ortho intramolecular Hbond substituents is 1. The van der Waals surface area contributed by atoms with Crippen LogP contribution in [0.5, 0.6) is 5.75 Å². The van der Waals surface area contributed by atoms with Crippen LogP contribution in [0, 0.1) is 0 Å². The molecule has 0 fully saturated rings. The molecule has 4 atom stereocenters. The van der Waals surface area contributed by atoms with E-state index in [9.17, 15) is 29.1 Å². The second-order valence-electron chi connectivity index (χ2n) is 13.9. The minimum absolute atomic E-state index is 0.0688. The molecule has 0 aliphatic heterocycles. The molecule has 9 N–H and O–H groups in total. The highest BCUT2D eigenvalue weighted by Crippen LogP contribution is 2.21. The molecule has 0 spiro atoms. The van der Waals surface area contributed by atoms with Gasteiger partial charge < -0.3 is 42.1 Å². The number of H-pyrrole nitrogens is 2. The first kappa shape index (κ1) is 38.8. The number of aromatic hydroxyl groups is 1. The van der Waals surface area contributed by atoms with Gasteiger partial charge in [-0.15, -0.1) is 0 Å². The second-order valence-corrected chi connectivity index (χ2v) is 13.9. The average Bonchev–Trinajstić information content (AvgIpc) is 3.81. The number of benzene rings is 4. The van der Waals surface area contributed by atoms with Crippen LogP contribution in [0.25, 0.3) is 21.8 Å². The lowest BCUT2D eigenvalue weighted by Crippen LogP contribution is -2.58. The minimum atomic E-state index is -1.15. The molecule has 0 aliphatic carbocycles. The number of aromatic nitrogens is 2. The van der Waals surface area contributed by atoms with Crippen LogP contribution in [0.2, 0.25) is 0 Å². The number of hydrogen-bond donors (Lipinski definition) is 8. The molecule has 2 aromatic heterocycles. The number of amides is 5. The first-order chi connectivity index (χ1) is 27.0. The van der Waals surface area contributed by atoms with Crippen LogP contribution >= 0.6 is 0 Å². The van der Waals surface area contributed by atoms with Gasteiger partial charge in [0.15, 0.2) is 0 Å². The number of carbonyl (C=O) groups excluding carboxylic acids is 5. The number of aryl methyl sites for hydroxylation is 1. The van der Waals surface area contributed by atoms with Crippen LogP contribution in [0.4, 0.5) is 0 Å². The molecule has 56 heavy (non-hydrogen) atoms. The van der Waals surface area contributed by atoms with Crippen LogP contribution in [-0.4, -0.2) is 68.8 Å².